The summed E-state index contributed by atoms with van der Waals surface area (Å²) in [4.78, 5) is 0. The van der Waals surface area contributed by atoms with Gasteiger partial charge in [0.05, 0.1) is 6.54 Å². The molecule has 0 radical (unpaired) electrons. The Morgan fingerprint density at radius 3 is 2.86 bits per heavy atom. The monoisotopic (exact) mass is 285 g/mol. The van der Waals surface area contributed by atoms with Crippen molar-refractivity contribution in [3.63, 3.8) is 0 Å². The van der Waals surface area contributed by atoms with E-state index in [0.29, 0.717) is 6.61 Å². The van der Waals surface area contributed by atoms with Gasteiger partial charge in [0.25, 0.3) is 0 Å². The number of rotatable bonds is 7. The maximum atomic E-state index is 5.84. The summed E-state index contributed by atoms with van der Waals surface area (Å²) in [6, 6.07) is 10.5. The minimum atomic E-state index is 0.493. The molecule has 1 aromatic heterocycles. The molecule has 1 aromatic carbocycles. The smallest absolute Gasteiger partial charge is 0.146 e. The predicted molar refractivity (Wildman–Crippen MR) is 83.5 cm³/mol. The molecule has 0 unspecified atom stereocenters. The Balaban J connectivity index is 1.53. The number of hydrogen-bond acceptors (Lipinski definition) is 3. The molecule has 0 fully saturated rings. The average molecular weight is 285 g/mol. The van der Waals surface area contributed by atoms with Crippen LogP contribution in [0.15, 0.2) is 34.7 Å². The third-order valence-corrected chi connectivity index (χ3v) is 3.89. The molecule has 0 bridgehead atoms. The van der Waals surface area contributed by atoms with Crippen LogP contribution in [0.4, 0.5) is 0 Å². The highest BCUT2D eigenvalue weighted by Gasteiger charge is 2.11. The van der Waals surface area contributed by atoms with E-state index >= 15 is 0 Å². The van der Waals surface area contributed by atoms with Crippen molar-refractivity contribution in [3.05, 3.63) is 53.0 Å². The van der Waals surface area contributed by atoms with Crippen molar-refractivity contribution in [2.75, 3.05) is 6.54 Å². The zero-order valence-electron chi connectivity index (χ0n) is 12.7. The van der Waals surface area contributed by atoms with Crippen LogP contribution >= 0.6 is 0 Å². The molecule has 1 aliphatic carbocycles. The lowest BCUT2D eigenvalue weighted by Gasteiger charge is -2.06. The quantitative estimate of drug-likeness (QED) is 0.785. The van der Waals surface area contributed by atoms with Crippen LogP contribution in [0.25, 0.3) is 0 Å². The number of hydrogen-bond donors (Lipinski definition) is 1. The van der Waals surface area contributed by atoms with Gasteiger partial charge in [0.2, 0.25) is 0 Å². The first kappa shape index (κ1) is 14.2. The van der Waals surface area contributed by atoms with Gasteiger partial charge in [0, 0.05) is 0 Å². The van der Waals surface area contributed by atoms with E-state index in [-0.39, 0.29) is 0 Å². The summed E-state index contributed by atoms with van der Waals surface area (Å²) in [7, 11) is 0. The number of nitrogens with one attached hydrogen (secondary N) is 1. The first-order valence-electron chi connectivity index (χ1n) is 7.88. The molecule has 0 amide bonds. The highest BCUT2D eigenvalue weighted by molar-refractivity contribution is 5.38. The maximum absolute atomic E-state index is 5.84. The lowest BCUT2D eigenvalue weighted by Crippen LogP contribution is -2.13. The summed E-state index contributed by atoms with van der Waals surface area (Å²) in [6.07, 6.45) is 4.79. The molecule has 1 N–H and O–H groups in total. The van der Waals surface area contributed by atoms with Crippen LogP contribution in [0.2, 0.25) is 0 Å². The summed E-state index contributed by atoms with van der Waals surface area (Å²) >= 11 is 0. The Kier molecular flexibility index (Phi) is 4.61. The van der Waals surface area contributed by atoms with Gasteiger partial charge in [-0.2, -0.15) is 0 Å². The van der Waals surface area contributed by atoms with E-state index in [1.807, 2.05) is 12.1 Å². The summed E-state index contributed by atoms with van der Waals surface area (Å²) < 4.78 is 11.6. The molecule has 0 saturated carbocycles. The van der Waals surface area contributed by atoms with Crippen LogP contribution in [0.3, 0.4) is 0 Å². The summed E-state index contributed by atoms with van der Waals surface area (Å²) in [5.74, 6) is 2.79. The van der Waals surface area contributed by atoms with Gasteiger partial charge in [-0.05, 0) is 67.6 Å². The van der Waals surface area contributed by atoms with E-state index < -0.39 is 0 Å². The Morgan fingerprint density at radius 1 is 1.10 bits per heavy atom. The lowest BCUT2D eigenvalue weighted by atomic mass is 10.1. The standard InChI is InChI=1S/C18H23NO2/c1-2-10-19-12-17-8-9-18(21-17)13-20-16-7-6-14-4-3-5-15(14)11-16/h6-9,11,19H,2-5,10,12-13H2,1H3. The molecule has 112 valence electrons. The Labute approximate surface area is 126 Å². The third kappa shape index (κ3) is 3.67. The van der Waals surface area contributed by atoms with E-state index in [0.717, 1.165) is 36.8 Å². The number of aryl methyl sites for hydroxylation is 2. The molecule has 2 aromatic rings. The summed E-state index contributed by atoms with van der Waals surface area (Å²) in [6.45, 7) is 4.45. The van der Waals surface area contributed by atoms with Crippen LogP contribution < -0.4 is 10.1 Å². The number of fused-ring (bicyclic) bond motifs is 1. The highest BCUT2D eigenvalue weighted by Crippen LogP contribution is 2.26. The molecule has 0 spiro atoms. The van der Waals surface area contributed by atoms with Crippen molar-refractivity contribution in [1.29, 1.82) is 0 Å². The zero-order valence-corrected chi connectivity index (χ0v) is 12.7. The highest BCUT2D eigenvalue weighted by atomic mass is 16.5. The van der Waals surface area contributed by atoms with Crippen LogP contribution in [0.1, 0.15) is 42.4 Å². The average Bonchev–Trinajstić information content (AvgIpc) is 3.13. The predicted octanol–water partition coefficient (Wildman–Crippen LogP) is 3.85. The second kappa shape index (κ2) is 6.81. The van der Waals surface area contributed by atoms with E-state index in [9.17, 15) is 0 Å². The zero-order chi connectivity index (χ0) is 14.5. The molecule has 0 aliphatic heterocycles. The fourth-order valence-electron chi connectivity index (χ4n) is 2.78. The molecule has 3 rings (SSSR count). The van der Waals surface area contributed by atoms with Gasteiger partial charge in [0.15, 0.2) is 0 Å². The number of ether oxygens (including phenoxy) is 1. The second-order valence-electron chi connectivity index (χ2n) is 5.62. The molecule has 3 nitrogen and oxygen atoms in total. The summed E-state index contributed by atoms with van der Waals surface area (Å²) in [5, 5.41) is 3.33. The normalized spacial score (nSPS) is 13.4. The molecule has 0 atom stereocenters. The van der Waals surface area contributed by atoms with Gasteiger partial charge in [-0.15, -0.1) is 0 Å². The minimum absolute atomic E-state index is 0.493. The van der Waals surface area contributed by atoms with Crippen molar-refractivity contribution >= 4 is 0 Å². The first-order chi connectivity index (χ1) is 10.3. The van der Waals surface area contributed by atoms with E-state index in [2.05, 4.69) is 30.4 Å². The van der Waals surface area contributed by atoms with Crippen LogP contribution in [-0.4, -0.2) is 6.54 Å². The Bertz CT molecular complexity index is 589. The van der Waals surface area contributed by atoms with Crippen molar-refractivity contribution in [2.24, 2.45) is 0 Å². The number of furan rings is 1. The van der Waals surface area contributed by atoms with Gasteiger partial charge in [-0.3, -0.25) is 0 Å². The topological polar surface area (TPSA) is 34.4 Å². The first-order valence-corrected chi connectivity index (χ1v) is 7.88. The molecule has 3 heteroatoms. The molecular weight excluding hydrogens is 262 g/mol. The molecular formula is C18H23NO2. The van der Waals surface area contributed by atoms with E-state index in [1.54, 1.807) is 0 Å². The van der Waals surface area contributed by atoms with Crippen LogP contribution in [0, 0.1) is 0 Å². The van der Waals surface area contributed by atoms with Crippen molar-refractivity contribution < 1.29 is 9.15 Å². The largest absolute Gasteiger partial charge is 0.486 e. The Hall–Kier alpha value is -1.74. The summed E-state index contributed by atoms with van der Waals surface area (Å²) in [5.41, 5.74) is 2.92. The van der Waals surface area contributed by atoms with Gasteiger partial charge in [-0.25, -0.2) is 0 Å². The maximum Gasteiger partial charge on any atom is 0.146 e. The van der Waals surface area contributed by atoms with Gasteiger partial charge in [0.1, 0.15) is 23.9 Å². The van der Waals surface area contributed by atoms with Crippen molar-refractivity contribution in [1.82, 2.24) is 5.32 Å². The van der Waals surface area contributed by atoms with Gasteiger partial charge in [-0.1, -0.05) is 13.0 Å². The van der Waals surface area contributed by atoms with Gasteiger partial charge >= 0.3 is 0 Å². The molecule has 21 heavy (non-hydrogen) atoms. The van der Waals surface area contributed by atoms with E-state index in [4.69, 9.17) is 9.15 Å². The molecule has 1 aliphatic rings. The van der Waals surface area contributed by atoms with Crippen LogP contribution in [-0.2, 0) is 26.0 Å². The Morgan fingerprint density at radius 2 is 1.95 bits per heavy atom. The van der Waals surface area contributed by atoms with E-state index in [1.165, 1.54) is 30.4 Å². The van der Waals surface area contributed by atoms with Crippen molar-refractivity contribution in [3.8, 4) is 5.75 Å². The second-order valence-corrected chi connectivity index (χ2v) is 5.62. The molecule has 1 heterocycles. The fourth-order valence-corrected chi connectivity index (χ4v) is 2.78. The third-order valence-electron chi connectivity index (χ3n) is 3.89. The van der Waals surface area contributed by atoms with Gasteiger partial charge < -0.3 is 14.5 Å². The lowest BCUT2D eigenvalue weighted by molar-refractivity contribution is 0.265. The van der Waals surface area contributed by atoms with Crippen molar-refractivity contribution in [2.45, 2.75) is 45.8 Å². The SMILES string of the molecule is CCCNCc1ccc(COc2ccc3c(c2)CCC3)o1. The molecule has 0 saturated heterocycles. The number of benzene rings is 1. The fraction of sp³-hybridized carbons (Fsp3) is 0.444. The van der Waals surface area contributed by atoms with Crippen LogP contribution in [0.5, 0.6) is 5.75 Å². The minimum Gasteiger partial charge on any atom is -0.486 e.